The summed E-state index contributed by atoms with van der Waals surface area (Å²) in [6, 6.07) is 20.1. The predicted molar refractivity (Wildman–Crippen MR) is 154 cm³/mol. The van der Waals surface area contributed by atoms with Gasteiger partial charge in [0.2, 0.25) is 0 Å². The molecule has 0 fully saturated rings. The summed E-state index contributed by atoms with van der Waals surface area (Å²) >= 11 is 0. The maximum Gasteiger partial charge on any atom is 0.197 e. The van der Waals surface area contributed by atoms with Crippen LogP contribution < -0.4 is 14.4 Å². The molecule has 5 aromatic carbocycles. The summed E-state index contributed by atoms with van der Waals surface area (Å²) in [5, 5.41) is 1.75. The Morgan fingerprint density at radius 3 is 1.64 bits per heavy atom. The summed E-state index contributed by atoms with van der Waals surface area (Å²) in [6.45, 7) is 3.84. The molecule has 7 heteroatoms. The first-order valence-corrected chi connectivity index (χ1v) is 13.5. The second kappa shape index (κ2) is 7.50. The number of anilines is 3. The molecular weight excluding hydrogens is 536 g/mol. The standard InChI is InChI=1S/C35H19F2NO4/c1-35(2)24-12-19(36)14-28-30(24)38-31-25(35)13-20(37)15-29(31)42-27-9-16(8-26(41-28)32(27)38)7-23-33(39)21-10-17-5-3-4-6-18(17)11-22(21)34(23)40/h3-15H,1-2H3. The van der Waals surface area contributed by atoms with Crippen molar-refractivity contribution in [2.75, 3.05) is 4.90 Å². The van der Waals surface area contributed by atoms with Crippen molar-refractivity contribution in [3.63, 3.8) is 0 Å². The Kier molecular flexibility index (Phi) is 4.18. The zero-order chi connectivity index (χ0) is 28.7. The summed E-state index contributed by atoms with van der Waals surface area (Å²) in [5.74, 6) is -0.302. The van der Waals surface area contributed by atoms with Crippen LogP contribution in [0.2, 0.25) is 0 Å². The molecule has 42 heavy (non-hydrogen) atoms. The molecule has 1 aliphatic carbocycles. The van der Waals surface area contributed by atoms with Crippen molar-refractivity contribution < 1.29 is 27.8 Å². The van der Waals surface area contributed by atoms with E-state index in [9.17, 15) is 18.4 Å². The average Bonchev–Trinajstić information content (AvgIpc) is 3.17. The number of hydrogen-bond acceptors (Lipinski definition) is 5. The molecule has 0 atom stereocenters. The van der Waals surface area contributed by atoms with Crippen LogP contribution in [-0.2, 0) is 5.41 Å². The number of Topliss-reactive ketones (excluding diaryl/α,β-unsaturated/α-hetero) is 2. The van der Waals surface area contributed by atoms with Crippen molar-refractivity contribution >= 4 is 45.5 Å². The molecular formula is C35H19F2NO4. The Balaban J connectivity index is 1.24. The van der Waals surface area contributed by atoms with Gasteiger partial charge in [-0.2, -0.15) is 0 Å². The molecule has 0 saturated heterocycles. The monoisotopic (exact) mass is 555 g/mol. The Morgan fingerprint density at radius 1 is 0.667 bits per heavy atom. The lowest BCUT2D eigenvalue weighted by Gasteiger charge is -2.47. The number of fused-ring (bicyclic) bond motifs is 2. The van der Waals surface area contributed by atoms with Crippen molar-refractivity contribution in [3.05, 3.63) is 118 Å². The molecule has 0 saturated carbocycles. The highest BCUT2D eigenvalue weighted by molar-refractivity contribution is 6.42. The zero-order valence-corrected chi connectivity index (χ0v) is 22.3. The van der Waals surface area contributed by atoms with E-state index in [1.165, 1.54) is 30.3 Å². The number of nitrogens with zero attached hydrogens (tertiary/aromatic N) is 1. The van der Waals surface area contributed by atoms with E-state index in [0.29, 0.717) is 67.9 Å². The van der Waals surface area contributed by atoms with E-state index in [0.717, 1.165) is 10.8 Å². The van der Waals surface area contributed by atoms with E-state index in [2.05, 4.69) is 0 Å². The number of halogens is 2. The van der Waals surface area contributed by atoms with Crippen LogP contribution in [0.15, 0.2) is 78.4 Å². The Hall–Kier alpha value is -5.30. The minimum absolute atomic E-state index is 0.0289. The summed E-state index contributed by atoms with van der Waals surface area (Å²) in [7, 11) is 0. The fourth-order valence-electron chi connectivity index (χ4n) is 6.80. The molecule has 0 radical (unpaired) electrons. The van der Waals surface area contributed by atoms with Gasteiger partial charge in [-0.3, -0.25) is 14.5 Å². The average molecular weight is 556 g/mol. The number of ether oxygens (including phenoxy) is 2. The van der Waals surface area contributed by atoms with Gasteiger partial charge in [-0.05, 0) is 69.9 Å². The maximum atomic E-state index is 14.9. The predicted octanol–water partition coefficient (Wildman–Crippen LogP) is 8.90. The van der Waals surface area contributed by atoms with Crippen molar-refractivity contribution in [3.8, 4) is 23.0 Å². The van der Waals surface area contributed by atoms with Gasteiger partial charge < -0.3 is 9.47 Å². The van der Waals surface area contributed by atoms with Crippen LogP contribution in [-0.4, -0.2) is 11.6 Å². The number of benzene rings is 5. The quantitative estimate of drug-likeness (QED) is 0.150. The van der Waals surface area contributed by atoms with Crippen LogP contribution in [0.5, 0.6) is 23.0 Å². The van der Waals surface area contributed by atoms with Crippen LogP contribution in [0.3, 0.4) is 0 Å². The molecule has 0 aromatic heterocycles. The van der Waals surface area contributed by atoms with Gasteiger partial charge in [0, 0.05) is 28.7 Å². The van der Waals surface area contributed by atoms with Crippen LogP contribution in [0, 0.1) is 11.6 Å². The molecule has 202 valence electrons. The van der Waals surface area contributed by atoms with E-state index in [4.69, 9.17) is 9.47 Å². The molecule has 0 spiro atoms. The third kappa shape index (κ3) is 2.84. The summed E-state index contributed by atoms with van der Waals surface area (Å²) < 4.78 is 42.5. The molecule has 4 aliphatic rings. The van der Waals surface area contributed by atoms with Gasteiger partial charge in [-0.1, -0.05) is 38.1 Å². The third-order valence-corrected chi connectivity index (χ3v) is 8.77. The third-order valence-electron chi connectivity index (χ3n) is 8.77. The fourth-order valence-corrected chi connectivity index (χ4v) is 6.80. The number of ketones is 2. The first-order valence-electron chi connectivity index (χ1n) is 13.5. The Labute approximate surface area is 238 Å². The summed E-state index contributed by atoms with van der Waals surface area (Å²) in [6.07, 6.45) is 1.52. The van der Waals surface area contributed by atoms with Crippen LogP contribution in [0.1, 0.15) is 51.3 Å². The van der Waals surface area contributed by atoms with E-state index in [-0.39, 0.29) is 17.1 Å². The zero-order valence-electron chi connectivity index (χ0n) is 22.3. The van der Waals surface area contributed by atoms with Crippen molar-refractivity contribution in [1.29, 1.82) is 0 Å². The van der Waals surface area contributed by atoms with Crippen molar-refractivity contribution in [1.82, 2.24) is 0 Å². The lowest BCUT2D eigenvalue weighted by molar-refractivity contribution is 0.0990. The van der Waals surface area contributed by atoms with E-state index >= 15 is 0 Å². The van der Waals surface area contributed by atoms with Crippen LogP contribution >= 0.6 is 0 Å². The summed E-state index contributed by atoms with van der Waals surface area (Å²) in [4.78, 5) is 28.8. The van der Waals surface area contributed by atoms with Crippen molar-refractivity contribution in [2.45, 2.75) is 19.3 Å². The molecule has 0 bridgehead atoms. The number of carbonyl (C=O) groups is 2. The van der Waals surface area contributed by atoms with Crippen molar-refractivity contribution in [2.24, 2.45) is 0 Å². The first-order chi connectivity index (χ1) is 20.2. The molecule has 3 aliphatic heterocycles. The Bertz CT molecular complexity index is 2050. The normalized spacial score (nSPS) is 16.2. The lowest BCUT2D eigenvalue weighted by atomic mass is 9.72. The summed E-state index contributed by atoms with van der Waals surface area (Å²) in [5.41, 5.74) is 3.77. The number of allylic oxidation sites excluding steroid dienone is 1. The van der Waals surface area contributed by atoms with Gasteiger partial charge >= 0.3 is 0 Å². The molecule has 5 nitrogen and oxygen atoms in total. The minimum atomic E-state index is -0.732. The smallest absolute Gasteiger partial charge is 0.197 e. The lowest BCUT2D eigenvalue weighted by Crippen LogP contribution is -2.34. The maximum absolute atomic E-state index is 14.9. The highest BCUT2D eigenvalue weighted by atomic mass is 19.1. The molecule has 0 unspecified atom stereocenters. The molecule has 5 aromatic rings. The van der Waals surface area contributed by atoms with Gasteiger partial charge in [0.05, 0.1) is 16.9 Å². The van der Waals surface area contributed by atoms with Crippen LogP contribution in [0.4, 0.5) is 25.8 Å². The minimum Gasteiger partial charge on any atom is -0.453 e. The molecule has 9 rings (SSSR count). The number of carbonyl (C=O) groups excluding carboxylic acids is 2. The van der Waals surface area contributed by atoms with Crippen LogP contribution in [0.25, 0.3) is 16.8 Å². The highest BCUT2D eigenvalue weighted by Crippen LogP contribution is 2.66. The number of rotatable bonds is 1. The van der Waals surface area contributed by atoms with Gasteiger partial charge in [0.25, 0.3) is 0 Å². The second-order valence-corrected chi connectivity index (χ2v) is 11.6. The SMILES string of the molecule is CC1(C)c2cc(F)cc3c2N2c4c(cc(C=C5C(=O)c6cc7ccccc7cc6C5=O)cc4Oc4cc(F)cc1c42)O3. The van der Waals surface area contributed by atoms with Gasteiger partial charge in [0.15, 0.2) is 34.6 Å². The van der Waals surface area contributed by atoms with E-state index in [1.807, 2.05) is 43.0 Å². The van der Waals surface area contributed by atoms with E-state index < -0.39 is 17.0 Å². The topological polar surface area (TPSA) is 55.8 Å². The van der Waals surface area contributed by atoms with Gasteiger partial charge in [-0.15, -0.1) is 0 Å². The highest BCUT2D eigenvalue weighted by Gasteiger charge is 2.47. The van der Waals surface area contributed by atoms with Gasteiger partial charge in [0.1, 0.15) is 17.3 Å². The molecule has 0 amide bonds. The Morgan fingerprint density at radius 2 is 1.14 bits per heavy atom. The fraction of sp³-hybridized carbons (Fsp3) is 0.0857. The first kappa shape index (κ1) is 23.4. The van der Waals surface area contributed by atoms with Gasteiger partial charge in [-0.25, -0.2) is 8.78 Å². The molecule has 3 heterocycles. The number of hydrogen-bond donors (Lipinski definition) is 0. The van der Waals surface area contributed by atoms with E-state index in [1.54, 1.807) is 24.3 Å². The molecule has 0 N–H and O–H groups in total. The second-order valence-electron chi connectivity index (χ2n) is 11.6. The largest absolute Gasteiger partial charge is 0.453 e.